The Labute approximate surface area is 199 Å². The molecule has 2 aromatic carbocycles. The van der Waals surface area contributed by atoms with Crippen molar-refractivity contribution < 1.29 is 33.0 Å². The summed E-state index contributed by atoms with van der Waals surface area (Å²) >= 11 is 1.13. The molecule has 0 atom stereocenters. The van der Waals surface area contributed by atoms with Crippen LogP contribution in [0.5, 0.6) is 11.5 Å². The van der Waals surface area contributed by atoms with Crippen molar-refractivity contribution in [1.82, 2.24) is 9.88 Å². The van der Waals surface area contributed by atoms with Crippen LogP contribution in [0.25, 0.3) is 0 Å². The van der Waals surface area contributed by atoms with Gasteiger partial charge in [0, 0.05) is 23.1 Å². The second-order valence-electron chi connectivity index (χ2n) is 7.50. The van der Waals surface area contributed by atoms with E-state index in [1.165, 1.54) is 24.5 Å². The molecule has 0 radical (unpaired) electrons. The second kappa shape index (κ2) is 11.1. The molecule has 0 bridgehead atoms. The first-order valence-corrected chi connectivity index (χ1v) is 11.2. The van der Waals surface area contributed by atoms with Crippen LogP contribution in [0.2, 0.25) is 0 Å². The van der Waals surface area contributed by atoms with E-state index in [2.05, 4.69) is 4.98 Å². The van der Waals surface area contributed by atoms with E-state index in [0.717, 1.165) is 35.1 Å². The first kappa shape index (κ1) is 25.1. The summed E-state index contributed by atoms with van der Waals surface area (Å²) in [6.45, 7) is 2.07. The Kier molecular flexibility index (Phi) is 8.17. The van der Waals surface area contributed by atoms with Crippen LogP contribution in [0.3, 0.4) is 0 Å². The molecule has 1 aromatic heterocycles. The van der Waals surface area contributed by atoms with Crippen molar-refractivity contribution >= 4 is 23.2 Å². The average molecular weight is 491 g/mol. The maximum atomic E-state index is 14.0. The summed E-state index contributed by atoms with van der Waals surface area (Å²) in [5.74, 6) is -1.61. The van der Waals surface area contributed by atoms with Crippen LogP contribution >= 0.6 is 11.3 Å². The lowest BCUT2D eigenvalue weighted by atomic mass is 10.1. The van der Waals surface area contributed by atoms with Crippen molar-refractivity contribution in [3.63, 3.8) is 0 Å². The third-order valence-electron chi connectivity index (χ3n) is 5.27. The van der Waals surface area contributed by atoms with E-state index in [-0.39, 0.29) is 36.7 Å². The summed E-state index contributed by atoms with van der Waals surface area (Å²) < 4.78 is 38.2. The van der Waals surface area contributed by atoms with Crippen molar-refractivity contribution in [2.75, 3.05) is 20.8 Å². The minimum Gasteiger partial charge on any atom is -0.496 e. The molecular formula is C24H24F2N2O5S. The normalized spacial score (nSPS) is 10.7. The number of carbonyl (C=O) groups excluding carboxylic acids is 1. The van der Waals surface area contributed by atoms with E-state index in [1.54, 1.807) is 19.1 Å². The van der Waals surface area contributed by atoms with Crippen LogP contribution in [0.15, 0.2) is 35.7 Å². The maximum Gasteiger partial charge on any atom is 0.355 e. The molecule has 0 spiro atoms. The highest BCUT2D eigenvalue weighted by molar-refractivity contribution is 7.09. The van der Waals surface area contributed by atoms with Crippen LogP contribution in [0, 0.1) is 18.6 Å². The summed E-state index contributed by atoms with van der Waals surface area (Å²) in [4.78, 5) is 30.2. The van der Waals surface area contributed by atoms with E-state index >= 15 is 0 Å². The van der Waals surface area contributed by atoms with Gasteiger partial charge in [0.1, 0.15) is 28.1 Å². The average Bonchev–Trinajstić information content (AvgIpc) is 3.29. The van der Waals surface area contributed by atoms with Gasteiger partial charge in [0.15, 0.2) is 5.69 Å². The van der Waals surface area contributed by atoms with Gasteiger partial charge >= 0.3 is 5.97 Å². The number of aryl methyl sites for hydroxylation is 1. The van der Waals surface area contributed by atoms with Gasteiger partial charge in [-0.3, -0.25) is 4.79 Å². The number of benzene rings is 2. The molecule has 0 saturated carbocycles. The topological polar surface area (TPSA) is 89.0 Å². The number of methoxy groups -OCH3 is 2. The van der Waals surface area contributed by atoms with Gasteiger partial charge < -0.3 is 19.5 Å². The number of carboxylic acids is 1. The highest BCUT2D eigenvalue weighted by Crippen LogP contribution is 2.30. The molecule has 0 fully saturated rings. The van der Waals surface area contributed by atoms with Crippen molar-refractivity contribution in [3.05, 3.63) is 74.7 Å². The summed E-state index contributed by atoms with van der Waals surface area (Å²) in [5, 5.41) is 11.0. The molecule has 0 unspecified atom stereocenters. The number of carboxylic acid groups (broad SMARTS) is 1. The number of nitrogens with zero attached hydrogens (tertiary/aromatic N) is 2. The van der Waals surface area contributed by atoms with Crippen molar-refractivity contribution in [3.8, 4) is 11.5 Å². The molecule has 0 saturated heterocycles. The van der Waals surface area contributed by atoms with Gasteiger partial charge in [-0.2, -0.15) is 0 Å². The molecule has 34 heavy (non-hydrogen) atoms. The van der Waals surface area contributed by atoms with Crippen molar-refractivity contribution in [2.24, 2.45) is 0 Å². The number of carbonyl (C=O) groups is 2. The fourth-order valence-corrected chi connectivity index (χ4v) is 4.27. The zero-order chi connectivity index (χ0) is 24.8. The SMILES string of the molecule is COc1cc(C(=O)N(CCCc2cc(F)ccc2F)Cc2nc(C(=O)O)cs2)cc(OC)c1C. The number of ether oxygens (including phenoxy) is 2. The zero-order valence-electron chi connectivity index (χ0n) is 18.9. The Balaban J connectivity index is 1.86. The summed E-state index contributed by atoms with van der Waals surface area (Å²) in [6.07, 6.45) is 0.565. The quantitative estimate of drug-likeness (QED) is 0.442. The minimum absolute atomic E-state index is 0.0565. The molecule has 3 rings (SSSR count). The van der Waals surface area contributed by atoms with Crippen molar-refractivity contribution in [1.29, 1.82) is 0 Å². The molecule has 1 N–H and O–H groups in total. The van der Waals surface area contributed by atoms with Gasteiger partial charge in [-0.25, -0.2) is 18.6 Å². The molecule has 7 nitrogen and oxygen atoms in total. The Bertz CT molecular complexity index is 1170. The van der Waals surface area contributed by atoms with E-state index in [0.29, 0.717) is 28.5 Å². The van der Waals surface area contributed by atoms with Gasteiger partial charge in [-0.1, -0.05) is 0 Å². The molecular weight excluding hydrogens is 466 g/mol. The number of hydrogen-bond acceptors (Lipinski definition) is 6. The fourth-order valence-electron chi connectivity index (χ4n) is 3.48. The van der Waals surface area contributed by atoms with Crippen LogP contribution < -0.4 is 9.47 Å². The number of rotatable bonds is 10. The number of amides is 1. The summed E-state index contributed by atoms with van der Waals surface area (Å²) in [6, 6.07) is 6.46. The molecule has 3 aromatic rings. The third kappa shape index (κ3) is 5.88. The fraction of sp³-hybridized carbons (Fsp3) is 0.292. The molecule has 1 amide bonds. The number of aromatic carboxylic acids is 1. The number of halogens is 2. The number of aromatic nitrogens is 1. The van der Waals surface area contributed by atoms with Crippen LogP contribution in [0.1, 0.15) is 43.4 Å². The lowest BCUT2D eigenvalue weighted by Gasteiger charge is -2.23. The second-order valence-corrected chi connectivity index (χ2v) is 8.45. The maximum absolute atomic E-state index is 14.0. The monoisotopic (exact) mass is 490 g/mol. The van der Waals surface area contributed by atoms with Gasteiger partial charge in [-0.05, 0) is 55.7 Å². The number of hydrogen-bond donors (Lipinski definition) is 1. The first-order valence-electron chi connectivity index (χ1n) is 10.4. The molecule has 10 heteroatoms. The van der Waals surface area contributed by atoms with Crippen LogP contribution in [0.4, 0.5) is 8.78 Å². The van der Waals surface area contributed by atoms with Gasteiger partial charge in [0.25, 0.3) is 5.91 Å². The predicted molar refractivity (Wildman–Crippen MR) is 123 cm³/mol. The van der Waals surface area contributed by atoms with Gasteiger partial charge in [-0.15, -0.1) is 11.3 Å². The minimum atomic E-state index is -1.16. The first-order chi connectivity index (χ1) is 16.2. The van der Waals surface area contributed by atoms with Crippen LogP contribution in [-0.2, 0) is 13.0 Å². The highest BCUT2D eigenvalue weighted by atomic mass is 32.1. The van der Waals surface area contributed by atoms with Crippen molar-refractivity contribution in [2.45, 2.75) is 26.3 Å². The summed E-state index contributed by atoms with van der Waals surface area (Å²) in [7, 11) is 2.98. The van der Waals surface area contributed by atoms with Gasteiger partial charge in [0.2, 0.25) is 0 Å². The standard InChI is InChI=1S/C24H24F2N2O5S/c1-14-20(32-2)10-16(11-21(14)33-3)23(29)28(12-22-27-19(13-34-22)24(30)31)8-4-5-15-9-17(25)6-7-18(15)26/h6-7,9-11,13H,4-5,8,12H2,1-3H3,(H,30,31). The predicted octanol–water partition coefficient (Wildman–Crippen LogP) is 4.72. The largest absolute Gasteiger partial charge is 0.496 e. The number of thiazole rings is 1. The zero-order valence-corrected chi connectivity index (χ0v) is 19.7. The lowest BCUT2D eigenvalue weighted by Crippen LogP contribution is -2.32. The Morgan fingerprint density at radius 3 is 2.38 bits per heavy atom. The Hall–Kier alpha value is -3.53. The lowest BCUT2D eigenvalue weighted by molar-refractivity contribution is 0.0691. The third-order valence-corrected chi connectivity index (χ3v) is 6.10. The van der Waals surface area contributed by atoms with Crippen LogP contribution in [-0.4, -0.2) is 47.6 Å². The molecule has 0 aliphatic rings. The van der Waals surface area contributed by atoms with E-state index in [1.807, 2.05) is 0 Å². The van der Waals surface area contributed by atoms with E-state index in [4.69, 9.17) is 14.6 Å². The molecule has 0 aliphatic carbocycles. The van der Waals surface area contributed by atoms with Gasteiger partial charge in [0.05, 0.1) is 20.8 Å². The Morgan fingerprint density at radius 1 is 1.12 bits per heavy atom. The Morgan fingerprint density at radius 2 is 1.79 bits per heavy atom. The summed E-state index contributed by atoms with van der Waals surface area (Å²) in [5.41, 5.74) is 1.16. The highest BCUT2D eigenvalue weighted by Gasteiger charge is 2.21. The molecule has 1 heterocycles. The van der Waals surface area contributed by atoms with E-state index < -0.39 is 17.6 Å². The smallest absolute Gasteiger partial charge is 0.355 e. The molecule has 0 aliphatic heterocycles. The van der Waals surface area contributed by atoms with E-state index in [9.17, 15) is 18.4 Å². The molecule has 180 valence electrons.